The van der Waals surface area contributed by atoms with Crippen LogP contribution in [0.1, 0.15) is 42.9 Å². The second kappa shape index (κ2) is 9.70. The largest absolute Gasteiger partial charge is 0.493 e. The van der Waals surface area contributed by atoms with Gasteiger partial charge in [0.25, 0.3) is 0 Å². The van der Waals surface area contributed by atoms with Crippen LogP contribution in [-0.2, 0) is 9.59 Å². The van der Waals surface area contributed by atoms with Crippen LogP contribution < -0.4 is 19.7 Å². The van der Waals surface area contributed by atoms with Crippen molar-refractivity contribution in [2.24, 2.45) is 0 Å². The zero-order valence-corrected chi connectivity index (χ0v) is 21.1. The molecule has 0 saturated carbocycles. The molecule has 2 aliphatic rings. The van der Waals surface area contributed by atoms with Gasteiger partial charge in [0.05, 0.1) is 31.6 Å². The van der Waals surface area contributed by atoms with Crippen LogP contribution >= 0.6 is 11.6 Å². The summed E-state index contributed by atoms with van der Waals surface area (Å²) in [4.78, 5) is 28.7. The maximum atomic E-state index is 13.9. The molecule has 7 heteroatoms. The molecule has 36 heavy (non-hydrogen) atoms. The first-order valence-corrected chi connectivity index (χ1v) is 12.2. The minimum atomic E-state index is -0.591. The van der Waals surface area contributed by atoms with Gasteiger partial charge in [0.15, 0.2) is 17.3 Å². The molecule has 1 heterocycles. The number of ether oxygens (including phenoxy) is 2. The number of carbonyl (C=O) groups excluding carboxylic acids is 2. The fourth-order valence-corrected chi connectivity index (χ4v) is 5.47. The fourth-order valence-electron chi connectivity index (χ4n) is 5.27. The van der Waals surface area contributed by atoms with Crippen LogP contribution in [0.15, 0.2) is 78.0 Å². The van der Waals surface area contributed by atoms with Crippen molar-refractivity contribution in [3.8, 4) is 11.5 Å². The predicted octanol–water partition coefficient (Wildman–Crippen LogP) is 6.28. The third kappa shape index (κ3) is 4.22. The van der Waals surface area contributed by atoms with Crippen molar-refractivity contribution < 1.29 is 19.1 Å². The predicted molar refractivity (Wildman–Crippen MR) is 141 cm³/mol. The highest BCUT2D eigenvalue weighted by Gasteiger charge is 2.41. The lowest BCUT2D eigenvalue weighted by Crippen LogP contribution is -2.37. The first-order chi connectivity index (χ1) is 17.4. The van der Waals surface area contributed by atoms with Gasteiger partial charge in [-0.1, -0.05) is 41.9 Å². The number of anilines is 2. The molecule has 0 aromatic heterocycles. The van der Waals surface area contributed by atoms with Crippen LogP contribution in [0.5, 0.6) is 11.5 Å². The number of para-hydroxylation sites is 2. The van der Waals surface area contributed by atoms with Crippen molar-refractivity contribution >= 4 is 34.7 Å². The van der Waals surface area contributed by atoms with Gasteiger partial charge < -0.3 is 14.8 Å². The van der Waals surface area contributed by atoms with E-state index in [1.165, 1.54) is 6.92 Å². The van der Waals surface area contributed by atoms with Crippen LogP contribution in [0, 0.1) is 0 Å². The minimum Gasteiger partial charge on any atom is -0.493 e. The van der Waals surface area contributed by atoms with Crippen molar-refractivity contribution in [3.63, 3.8) is 0 Å². The Morgan fingerprint density at radius 1 is 0.944 bits per heavy atom. The van der Waals surface area contributed by atoms with E-state index >= 15 is 0 Å². The van der Waals surface area contributed by atoms with Crippen LogP contribution in [0.2, 0.25) is 5.02 Å². The van der Waals surface area contributed by atoms with Crippen LogP contribution in [0.3, 0.4) is 0 Å². The molecule has 1 N–H and O–H groups in total. The van der Waals surface area contributed by atoms with Crippen LogP contribution in [0.25, 0.3) is 0 Å². The standard InChI is InChI=1S/C29H27ClN2O4/c1-17(33)32-24-10-5-4-9-22(24)31-23-14-20(18-11-12-26(35-2)27(16-18)36-3)15-25(34)28(23)29(32)19-7-6-8-21(30)13-19/h4-13,16,20,29,31H,14-15H2,1-3H3/t20-,29-/m0/s1. The van der Waals surface area contributed by atoms with Crippen molar-refractivity contribution in [3.05, 3.63) is 94.1 Å². The summed E-state index contributed by atoms with van der Waals surface area (Å²) in [5, 5.41) is 4.07. The van der Waals surface area contributed by atoms with E-state index in [4.69, 9.17) is 21.1 Å². The molecule has 0 saturated heterocycles. The van der Waals surface area contributed by atoms with Gasteiger partial charge in [-0.25, -0.2) is 0 Å². The Balaban J connectivity index is 1.67. The number of carbonyl (C=O) groups is 2. The third-order valence-electron chi connectivity index (χ3n) is 6.87. The van der Waals surface area contributed by atoms with Gasteiger partial charge in [-0.2, -0.15) is 0 Å². The lowest BCUT2D eigenvalue weighted by Gasteiger charge is -2.34. The third-order valence-corrected chi connectivity index (χ3v) is 7.11. The monoisotopic (exact) mass is 502 g/mol. The molecular weight excluding hydrogens is 476 g/mol. The number of allylic oxidation sites excluding steroid dienone is 1. The summed E-state index contributed by atoms with van der Waals surface area (Å²) in [6.07, 6.45) is 0.919. The summed E-state index contributed by atoms with van der Waals surface area (Å²) in [5.41, 5.74) is 4.70. The molecule has 1 aliphatic carbocycles. The second-order valence-electron chi connectivity index (χ2n) is 9.02. The van der Waals surface area contributed by atoms with Crippen LogP contribution in [-0.4, -0.2) is 25.9 Å². The summed E-state index contributed by atoms with van der Waals surface area (Å²) in [6, 6.07) is 20.2. The van der Waals surface area contributed by atoms with Gasteiger partial charge in [0.1, 0.15) is 0 Å². The lowest BCUT2D eigenvalue weighted by atomic mass is 9.78. The number of benzene rings is 3. The number of nitrogens with zero attached hydrogens (tertiary/aromatic N) is 1. The smallest absolute Gasteiger partial charge is 0.224 e. The number of methoxy groups -OCH3 is 2. The van der Waals surface area contributed by atoms with E-state index in [1.807, 2.05) is 60.7 Å². The summed E-state index contributed by atoms with van der Waals surface area (Å²) in [6.45, 7) is 1.53. The van der Waals surface area contributed by atoms with E-state index in [1.54, 1.807) is 25.2 Å². The molecule has 3 aromatic rings. The second-order valence-corrected chi connectivity index (χ2v) is 9.46. The van der Waals surface area contributed by atoms with Crippen LogP contribution in [0.4, 0.5) is 11.4 Å². The van der Waals surface area contributed by atoms with Crippen molar-refractivity contribution in [1.29, 1.82) is 0 Å². The van der Waals surface area contributed by atoms with Crippen molar-refractivity contribution in [1.82, 2.24) is 0 Å². The molecule has 3 aromatic carbocycles. The van der Waals surface area contributed by atoms with Gasteiger partial charge in [-0.15, -0.1) is 0 Å². The van der Waals surface area contributed by atoms with E-state index in [0.717, 1.165) is 28.2 Å². The normalized spacial score (nSPS) is 19.1. The first-order valence-electron chi connectivity index (χ1n) is 11.8. The average molecular weight is 503 g/mol. The van der Waals surface area contributed by atoms with Gasteiger partial charge in [0, 0.05) is 29.6 Å². The number of amides is 1. The number of Topliss-reactive ketones (excluding diaryl/α,β-unsaturated/α-hetero) is 1. The van der Waals surface area contributed by atoms with Gasteiger partial charge >= 0.3 is 0 Å². The molecule has 0 radical (unpaired) electrons. The molecule has 2 atom stereocenters. The molecule has 0 bridgehead atoms. The Bertz CT molecular complexity index is 1380. The van der Waals surface area contributed by atoms with Gasteiger partial charge in [0.2, 0.25) is 5.91 Å². The van der Waals surface area contributed by atoms with Gasteiger partial charge in [-0.3, -0.25) is 14.5 Å². The summed E-state index contributed by atoms with van der Waals surface area (Å²) in [7, 11) is 3.20. The Hall–Kier alpha value is -3.77. The van der Waals surface area contributed by atoms with Crippen molar-refractivity contribution in [2.45, 2.75) is 31.7 Å². The zero-order chi connectivity index (χ0) is 25.4. The molecule has 5 rings (SSSR count). The van der Waals surface area contributed by atoms with E-state index in [0.29, 0.717) is 34.9 Å². The Morgan fingerprint density at radius 3 is 2.44 bits per heavy atom. The lowest BCUT2D eigenvalue weighted by molar-refractivity contribution is -0.117. The van der Waals surface area contributed by atoms with E-state index in [-0.39, 0.29) is 17.6 Å². The molecule has 6 nitrogen and oxygen atoms in total. The topological polar surface area (TPSA) is 67.9 Å². The number of hydrogen-bond acceptors (Lipinski definition) is 5. The molecule has 184 valence electrons. The maximum absolute atomic E-state index is 13.9. The highest BCUT2D eigenvalue weighted by Crippen LogP contribution is 2.48. The zero-order valence-electron chi connectivity index (χ0n) is 20.4. The number of fused-ring (bicyclic) bond motifs is 1. The maximum Gasteiger partial charge on any atom is 0.224 e. The molecular formula is C29H27ClN2O4. The summed E-state index contributed by atoms with van der Waals surface area (Å²) >= 11 is 6.36. The number of ketones is 1. The quantitative estimate of drug-likeness (QED) is 0.455. The Kier molecular flexibility index (Phi) is 6.46. The van der Waals surface area contributed by atoms with Crippen molar-refractivity contribution in [2.75, 3.05) is 24.4 Å². The Morgan fingerprint density at radius 2 is 1.72 bits per heavy atom. The number of nitrogens with one attached hydrogen (secondary N) is 1. The summed E-state index contributed by atoms with van der Waals surface area (Å²) in [5.74, 6) is 1.05. The number of hydrogen-bond donors (Lipinski definition) is 1. The van der Waals surface area contributed by atoms with E-state index in [2.05, 4.69) is 5.32 Å². The molecule has 1 aliphatic heterocycles. The highest BCUT2D eigenvalue weighted by atomic mass is 35.5. The SMILES string of the molecule is COc1ccc([C@@H]2CC(=O)C3=C(C2)Nc2ccccc2N(C(C)=O)[C@H]3c2cccc(Cl)c2)cc1OC. The van der Waals surface area contributed by atoms with Gasteiger partial charge in [-0.05, 0) is 59.9 Å². The minimum absolute atomic E-state index is 0.00688. The molecule has 0 unspecified atom stereocenters. The fraction of sp³-hybridized carbons (Fsp3) is 0.241. The highest BCUT2D eigenvalue weighted by molar-refractivity contribution is 6.30. The van der Waals surface area contributed by atoms with E-state index in [9.17, 15) is 9.59 Å². The molecule has 0 fully saturated rings. The molecule has 0 spiro atoms. The number of rotatable bonds is 4. The average Bonchev–Trinajstić information content (AvgIpc) is 3.03. The molecule has 1 amide bonds. The van der Waals surface area contributed by atoms with E-state index < -0.39 is 6.04 Å². The first kappa shape index (κ1) is 23.9. The number of halogens is 1. The Labute approximate surface area is 215 Å². The summed E-state index contributed by atoms with van der Waals surface area (Å²) < 4.78 is 10.9.